The maximum absolute atomic E-state index is 8.94. The summed E-state index contributed by atoms with van der Waals surface area (Å²) < 4.78 is 0. The highest BCUT2D eigenvalue weighted by Gasteiger charge is 2.13. The number of hydrogen-bond acceptors (Lipinski definition) is 1. The van der Waals surface area contributed by atoms with Crippen LogP contribution in [-0.4, -0.2) is 19.8 Å². The largest absolute Gasteiger partial charge is 0.396 e. The summed E-state index contributed by atoms with van der Waals surface area (Å²) >= 11 is 0. The minimum atomic E-state index is -1.27. The fourth-order valence-corrected chi connectivity index (χ4v) is 3.13. The second-order valence-corrected chi connectivity index (χ2v) is 10.7. The van der Waals surface area contributed by atoms with Gasteiger partial charge in [0.05, 0.1) is 8.07 Å². The molecule has 1 aromatic rings. The second-order valence-electron chi connectivity index (χ2n) is 5.69. The minimum Gasteiger partial charge on any atom is -0.396 e. The van der Waals surface area contributed by atoms with Crippen LogP contribution < -0.4 is 0 Å². The van der Waals surface area contributed by atoms with E-state index in [0.717, 1.165) is 6.42 Å². The zero-order valence-corrected chi connectivity index (χ0v) is 12.9. The summed E-state index contributed by atoms with van der Waals surface area (Å²) in [4.78, 5) is 0. The van der Waals surface area contributed by atoms with Gasteiger partial charge in [-0.1, -0.05) is 61.7 Å². The molecule has 1 nitrogen and oxygen atoms in total. The highest BCUT2D eigenvalue weighted by molar-refractivity contribution is 6.81. The van der Waals surface area contributed by atoms with E-state index in [0.29, 0.717) is 0 Å². The first-order valence-corrected chi connectivity index (χ1v) is 10.1. The molecule has 0 fully saturated rings. The van der Waals surface area contributed by atoms with Crippen LogP contribution in [0.25, 0.3) is 5.57 Å². The molecule has 0 radical (unpaired) electrons. The van der Waals surface area contributed by atoms with Gasteiger partial charge in [-0.05, 0) is 30.1 Å². The molecular formula is C16H24OSi. The highest BCUT2D eigenvalue weighted by atomic mass is 28.3. The summed E-state index contributed by atoms with van der Waals surface area (Å²) in [7, 11) is -1.27. The van der Waals surface area contributed by atoms with Crippen LogP contribution in [0.2, 0.25) is 19.6 Å². The van der Waals surface area contributed by atoms with Crippen LogP contribution in [0.15, 0.2) is 47.7 Å². The van der Waals surface area contributed by atoms with Crippen LogP contribution in [0.1, 0.15) is 18.9 Å². The van der Waals surface area contributed by atoms with Crippen LogP contribution >= 0.6 is 0 Å². The number of hydrogen-bond donors (Lipinski definition) is 1. The van der Waals surface area contributed by atoms with E-state index in [4.69, 9.17) is 5.11 Å². The summed E-state index contributed by atoms with van der Waals surface area (Å²) in [5.74, 6) is 0. The molecule has 0 unspecified atom stereocenters. The summed E-state index contributed by atoms with van der Waals surface area (Å²) in [6.07, 6.45) is 2.85. The van der Waals surface area contributed by atoms with Crippen LogP contribution in [0, 0.1) is 0 Å². The Morgan fingerprint density at radius 2 is 1.78 bits per heavy atom. The predicted molar refractivity (Wildman–Crippen MR) is 83.2 cm³/mol. The van der Waals surface area contributed by atoms with Crippen LogP contribution in [0.4, 0.5) is 0 Å². The molecule has 0 aliphatic carbocycles. The summed E-state index contributed by atoms with van der Waals surface area (Å²) in [6.45, 7) is 9.38. The first-order chi connectivity index (χ1) is 8.44. The van der Waals surface area contributed by atoms with Gasteiger partial charge in [0.25, 0.3) is 0 Å². The molecule has 0 saturated heterocycles. The molecule has 98 valence electrons. The molecule has 2 heteroatoms. The number of rotatable bonds is 5. The fourth-order valence-electron chi connectivity index (χ4n) is 1.87. The van der Waals surface area contributed by atoms with Gasteiger partial charge in [0.15, 0.2) is 0 Å². The Hall–Kier alpha value is -1.12. The molecule has 0 atom stereocenters. The first-order valence-electron chi connectivity index (χ1n) is 6.50. The third-order valence-corrected chi connectivity index (χ3v) is 3.82. The molecular weight excluding hydrogens is 236 g/mol. The highest BCUT2D eigenvalue weighted by Crippen LogP contribution is 2.25. The van der Waals surface area contributed by atoms with Gasteiger partial charge in [-0.2, -0.15) is 0 Å². The maximum Gasteiger partial charge on any atom is 0.0695 e. The van der Waals surface area contributed by atoms with Crippen molar-refractivity contribution in [2.24, 2.45) is 0 Å². The summed E-state index contributed by atoms with van der Waals surface area (Å²) in [6, 6.07) is 10.5. The van der Waals surface area contributed by atoms with Crippen LogP contribution in [0.5, 0.6) is 0 Å². The number of aliphatic hydroxyl groups excluding tert-OH is 1. The SMILES string of the molecule is CC(=C\CCO)/C(=C/[Si](C)(C)C)c1ccccc1. The molecule has 0 aliphatic heterocycles. The Bertz CT molecular complexity index is 424. The molecule has 0 heterocycles. The lowest BCUT2D eigenvalue weighted by atomic mass is 10.00. The third-order valence-electron chi connectivity index (χ3n) is 2.67. The first kappa shape index (κ1) is 14.9. The average Bonchev–Trinajstić information content (AvgIpc) is 2.33. The molecule has 0 spiro atoms. The van der Waals surface area contributed by atoms with Gasteiger partial charge < -0.3 is 5.11 Å². The molecule has 1 aromatic carbocycles. The second kappa shape index (κ2) is 6.71. The van der Waals surface area contributed by atoms with E-state index in [1.165, 1.54) is 16.7 Å². The quantitative estimate of drug-likeness (QED) is 0.619. The van der Waals surface area contributed by atoms with Crippen LogP contribution in [0.3, 0.4) is 0 Å². The number of aliphatic hydroxyl groups is 1. The van der Waals surface area contributed by atoms with Gasteiger partial charge in [-0.3, -0.25) is 0 Å². The van der Waals surface area contributed by atoms with E-state index in [9.17, 15) is 0 Å². The van der Waals surface area contributed by atoms with Gasteiger partial charge in [-0.15, -0.1) is 0 Å². The van der Waals surface area contributed by atoms with Crippen LogP contribution in [-0.2, 0) is 0 Å². The normalized spacial score (nSPS) is 13.8. The van der Waals surface area contributed by atoms with Crippen molar-refractivity contribution < 1.29 is 5.11 Å². The lowest BCUT2D eigenvalue weighted by Gasteiger charge is -2.16. The zero-order chi connectivity index (χ0) is 13.6. The molecule has 1 rings (SSSR count). The van der Waals surface area contributed by atoms with Crippen molar-refractivity contribution in [3.05, 3.63) is 53.2 Å². The lowest BCUT2D eigenvalue weighted by molar-refractivity contribution is 0.302. The van der Waals surface area contributed by atoms with Gasteiger partial charge in [0.2, 0.25) is 0 Å². The van der Waals surface area contributed by atoms with Crippen molar-refractivity contribution in [3.63, 3.8) is 0 Å². The van der Waals surface area contributed by atoms with Crippen molar-refractivity contribution in [2.45, 2.75) is 33.0 Å². The van der Waals surface area contributed by atoms with Crippen molar-refractivity contribution >= 4 is 13.6 Å². The Labute approximate surface area is 112 Å². The van der Waals surface area contributed by atoms with E-state index < -0.39 is 8.07 Å². The Balaban J connectivity index is 3.16. The van der Waals surface area contributed by atoms with Gasteiger partial charge in [-0.25, -0.2) is 0 Å². The topological polar surface area (TPSA) is 20.2 Å². The van der Waals surface area contributed by atoms with Gasteiger partial charge in [0.1, 0.15) is 0 Å². The standard InChI is InChI=1S/C16H24OSi/c1-14(9-8-12-17)16(13-18(2,3)4)15-10-6-5-7-11-15/h5-7,9-11,13,17H,8,12H2,1-4H3/b14-9+,16-13-. The molecule has 0 amide bonds. The molecule has 0 saturated carbocycles. The fraction of sp³-hybridized carbons (Fsp3) is 0.375. The van der Waals surface area contributed by atoms with Gasteiger partial charge >= 0.3 is 0 Å². The smallest absolute Gasteiger partial charge is 0.0695 e. The average molecular weight is 260 g/mol. The van der Waals surface area contributed by atoms with Gasteiger partial charge in [0, 0.05) is 6.61 Å². The predicted octanol–water partition coefficient (Wildman–Crippen LogP) is 4.28. The Morgan fingerprint density at radius 3 is 2.28 bits per heavy atom. The van der Waals surface area contributed by atoms with E-state index >= 15 is 0 Å². The van der Waals surface area contributed by atoms with Crippen molar-refractivity contribution in [1.82, 2.24) is 0 Å². The molecule has 0 aliphatic rings. The lowest BCUT2D eigenvalue weighted by Crippen LogP contribution is -2.17. The summed E-state index contributed by atoms with van der Waals surface area (Å²) in [5, 5.41) is 8.94. The van der Waals surface area contributed by atoms with E-state index in [1.54, 1.807) is 0 Å². The van der Waals surface area contributed by atoms with Crippen molar-refractivity contribution in [1.29, 1.82) is 0 Å². The molecule has 0 aromatic heterocycles. The maximum atomic E-state index is 8.94. The monoisotopic (exact) mass is 260 g/mol. The molecule has 18 heavy (non-hydrogen) atoms. The third kappa shape index (κ3) is 5.03. The molecule has 1 N–H and O–H groups in total. The number of benzene rings is 1. The van der Waals surface area contributed by atoms with E-state index in [1.807, 2.05) is 6.07 Å². The van der Waals surface area contributed by atoms with E-state index in [2.05, 4.69) is 62.6 Å². The zero-order valence-electron chi connectivity index (χ0n) is 11.9. The van der Waals surface area contributed by atoms with Crippen molar-refractivity contribution in [3.8, 4) is 0 Å². The Morgan fingerprint density at radius 1 is 1.17 bits per heavy atom. The minimum absolute atomic E-state index is 0.215. The van der Waals surface area contributed by atoms with E-state index in [-0.39, 0.29) is 6.61 Å². The Kier molecular flexibility index (Phi) is 5.57. The molecule has 0 bridgehead atoms. The summed E-state index contributed by atoms with van der Waals surface area (Å²) in [5.41, 5.74) is 6.29. The number of allylic oxidation sites excluding steroid dienone is 2. The van der Waals surface area contributed by atoms with Crippen molar-refractivity contribution in [2.75, 3.05) is 6.61 Å².